The molecule has 2 aromatic carbocycles. The van der Waals surface area contributed by atoms with Crippen molar-refractivity contribution in [3.8, 4) is 11.3 Å². The fourth-order valence-corrected chi connectivity index (χ4v) is 4.67. The Labute approximate surface area is 202 Å². The van der Waals surface area contributed by atoms with Gasteiger partial charge < -0.3 is 30.0 Å². The van der Waals surface area contributed by atoms with Crippen molar-refractivity contribution in [2.24, 2.45) is 0 Å². The predicted octanol–water partition coefficient (Wildman–Crippen LogP) is 4.47. The number of ether oxygens (including phenoxy) is 1. The SMILES string of the molecule is Cc1cc(N2CCOCC2)cc2cc(-c3c(NC[C@@H](O)c4cccc(Cl)c4)cc[nH]c3=O)[nH]c12. The highest BCUT2D eigenvalue weighted by molar-refractivity contribution is 6.30. The third kappa shape index (κ3) is 4.55. The van der Waals surface area contributed by atoms with Crippen LogP contribution >= 0.6 is 11.6 Å². The van der Waals surface area contributed by atoms with Gasteiger partial charge in [0.05, 0.1) is 36.3 Å². The average Bonchev–Trinajstić information content (AvgIpc) is 3.27. The van der Waals surface area contributed by atoms with Crippen molar-refractivity contribution >= 4 is 33.9 Å². The summed E-state index contributed by atoms with van der Waals surface area (Å²) in [6, 6.07) is 15.3. The van der Waals surface area contributed by atoms with Crippen LogP contribution in [0, 0.1) is 6.92 Å². The molecule has 0 spiro atoms. The normalized spacial score (nSPS) is 15.0. The number of H-pyrrole nitrogens is 2. The number of hydrogen-bond acceptors (Lipinski definition) is 5. The van der Waals surface area contributed by atoms with E-state index in [0.29, 0.717) is 21.8 Å². The Hall–Kier alpha value is -3.26. The number of benzene rings is 2. The third-order valence-corrected chi connectivity index (χ3v) is 6.47. The maximum Gasteiger partial charge on any atom is 0.259 e. The second kappa shape index (κ2) is 9.54. The minimum Gasteiger partial charge on any atom is -0.387 e. The number of aromatic nitrogens is 2. The molecule has 0 bridgehead atoms. The van der Waals surface area contributed by atoms with Crippen LogP contribution in [0.3, 0.4) is 0 Å². The van der Waals surface area contributed by atoms with Crippen molar-refractivity contribution in [1.29, 1.82) is 0 Å². The Morgan fingerprint density at radius 2 is 2.00 bits per heavy atom. The maximum absolute atomic E-state index is 12.9. The molecule has 0 aliphatic carbocycles. The molecule has 4 N–H and O–H groups in total. The van der Waals surface area contributed by atoms with E-state index in [1.54, 1.807) is 30.5 Å². The van der Waals surface area contributed by atoms with Crippen LogP contribution < -0.4 is 15.8 Å². The summed E-state index contributed by atoms with van der Waals surface area (Å²) in [4.78, 5) is 21.4. The van der Waals surface area contributed by atoms with E-state index in [1.807, 2.05) is 12.1 Å². The number of nitrogens with one attached hydrogen (secondary N) is 3. The fourth-order valence-electron chi connectivity index (χ4n) is 4.48. The number of nitrogens with zero attached hydrogens (tertiary/aromatic N) is 1. The highest BCUT2D eigenvalue weighted by atomic mass is 35.5. The molecule has 5 rings (SSSR count). The summed E-state index contributed by atoms with van der Waals surface area (Å²) < 4.78 is 5.48. The summed E-state index contributed by atoms with van der Waals surface area (Å²) >= 11 is 6.05. The topological polar surface area (TPSA) is 93.4 Å². The lowest BCUT2D eigenvalue weighted by Crippen LogP contribution is -2.36. The largest absolute Gasteiger partial charge is 0.387 e. The van der Waals surface area contributed by atoms with Gasteiger partial charge in [-0.25, -0.2) is 0 Å². The first-order chi connectivity index (χ1) is 16.5. The summed E-state index contributed by atoms with van der Waals surface area (Å²) in [5.41, 5.74) is 5.64. The van der Waals surface area contributed by atoms with Gasteiger partial charge >= 0.3 is 0 Å². The van der Waals surface area contributed by atoms with Crippen molar-refractivity contribution in [1.82, 2.24) is 9.97 Å². The van der Waals surface area contributed by atoms with Gasteiger partial charge in [0.15, 0.2) is 0 Å². The van der Waals surface area contributed by atoms with E-state index in [0.717, 1.165) is 54.2 Å². The highest BCUT2D eigenvalue weighted by Crippen LogP contribution is 2.32. The zero-order valence-electron chi connectivity index (χ0n) is 18.9. The first-order valence-electron chi connectivity index (χ1n) is 11.3. The van der Waals surface area contributed by atoms with Gasteiger partial charge in [0, 0.05) is 47.4 Å². The van der Waals surface area contributed by atoms with Gasteiger partial charge in [-0.05, 0) is 54.4 Å². The van der Waals surface area contributed by atoms with Crippen molar-refractivity contribution in [2.75, 3.05) is 43.1 Å². The first-order valence-corrected chi connectivity index (χ1v) is 11.7. The minimum atomic E-state index is -0.771. The Kier molecular flexibility index (Phi) is 6.32. The van der Waals surface area contributed by atoms with Gasteiger partial charge in [-0.15, -0.1) is 0 Å². The molecule has 8 heteroatoms. The number of rotatable bonds is 6. The number of hydrogen-bond donors (Lipinski definition) is 4. The van der Waals surface area contributed by atoms with Crippen LogP contribution in [0.15, 0.2) is 59.5 Å². The van der Waals surface area contributed by atoms with Crippen LogP contribution in [0.1, 0.15) is 17.2 Å². The van der Waals surface area contributed by atoms with Gasteiger partial charge in [0.2, 0.25) is 0 Å². The van der Waals surface area contributed by atoms with Crippen LogP contribution in [-0.4, -0.2) is 47.9 Å². The van der Waals surface area contributed by atoms with Gasteiger partial charge in [0.25, 0.3) is 5.56 Å². The maximum atomic E-state index is 12.9. The zero-order chi connectivity index (χ0) is 23.7. The number of fused-ring (bicyclic) bond motifs is 1. The molecule has 0 amide bonds. The number of anilines is 2. The predicted molar refractivity (Wildman–Crippen MR) is 137 cm³/mol. The molecule has 4 aromatic rings. The van der Waals surface area contributed by atoms with E-state index < -0.39 is 6.10 Å². The molecule has 7 nitrogen and oxygen atoms in total. The number of aliphatic hydroxyl groups is 1. The van der Waals surface area contributed by atoms with Crippen molar-refractivity contribution in [3.05, 3.63) is 81.2 Å². The number of aliphatic hydroxyl groups excluding tert-OH is 1. The molecule has 3 heterocycles. The van der Waals surface area contributed by atoms with E-state index >= 15 is 0 Å². The smallest absolute Gasteiger partial charge is 0.259 e. The van der Waals surface area contributed by atoms with Crippen LogP contribution in [0.25, 0.3) is 22.2 Å². The number of aryl methyl sites for hydroxylation is 1. The summed E-state index contributed by atoms with van der Waals surface area (Å²) in [6.07, 6.45) is 0.830. The van der Waals surface area contributed by atoms with Crippen LogP contribution in [0.2, 0.25) is 5.02 Å². The van der Waals surface area contributed by atoms with E-state index in [4.69, 9.17) is 16.3 Å². The number of pyridine rings is 1. The summed E-state index contributed by atoms with van der Waals surface area (Å²) in [5.74, 6) is 0. The Morgan fingerprint density at radius 3 is 2.79 bits per heavy atom. The number of aromatic amines is 2. The molecular formula is C26H27ClN4O3. The standard InChI is InChI=1S/C26H27ClN4O3/c1-16-11-20(31-7-9-34-10-8-31)13-18-14-22(30-25(16)18)24-21(5-6-28-26(24)33)29-15-23(32)17-3-2-4-19(27)12-17/h2-6,11-14,23,30,32H,7-10,15H2,1H3,(H2,28,29,33)/t23-/m1/s1. The second-order valence-electron chi connectivity index (χ2n) is 8.56. The molecule has 34 heavy (non-hydrogen) atoms. The molecule has 1 fully saturated rings. The molecular weight excluding hydrogens is 452 g/mol. The molecule has 0 unspecified atom stereocenters. The Balaban J connectivity index is 1.46. The lowest BCUT2D eigenvalue weighted by Gasteiger charge is -2.29. The van der Waals surface area contributed by atoms with Gasteiger partial charge in [-0.1, -0.05) is 23.7 Å². The zero-order valence-corrected chi connectivity index (χ0v) is 19.7. The van der Waals surface area contributed by atoms with Crippen LogP contribution in [-0.2, 0) is 4.74 Å². The molecule has 0 radical (unpaired) electrons. The van der Waals surface area contributed by atoms with E-state index in [-0.39, 0.29) is 12.1 Å². The fraction of sp³-hybridized carbons (Fsp3) is 0.269. The molecule has 1 aliphatic heterocycles. The van der Waals surface area contributed by atoms with Crippen molar-refractivity contribution in [3.63, 3.8) is 0 Å². The third-order valence-electron chi connectivity index (χ3n) is 6.24. The average molecular weight is 479 g/mol. The lowest BCUT2D eigenvalue weighted by atomic mass is 10.1. The van der Waals surface area contributed by atoms with Gasteiger partial charge in [0.1, 0.15) is 0 Å². The summed E-state index contributed by atoms with van der Waals surface area (Å²) in [6.45, 7) is 5.49. The van der Waals surface area contributed by atoms with Gasteiger partial charge in [-0.2, -0.15) is 0 Å². The highest BCUT2D eigenvalue weighted by Gasteiger charge is 2.17. The minimum absolute atomic E-state index is 0.208. The van der Waals surface area contributed by atoms with Crippen LogP contribution in [0.5, 0.6) is 0 Å². The number of halogens is 1. The molecule has 1 saturated heterocycles. The number of morpholine rings is 1. The van der Waals surface area contributed by atoms with Crippen molar-refractivity contribution < 1.29 is 9.84 Å². The molecule has 176 valence electrons. The van der Waals surface area contributed by atoms with Crippen molar-refractivity contribution in [2.45, 2.75) is 13.0 Å². The monoisotopic (exact) mass is 478 g/mol. The molecule has 1 aliphatic rings. The Bertz CT molecular complexity index is 1370. The molecule has 0 saturated carbocycles. The van der Waals surface area contributed by atoms with Gasteiger partial charge in [-0.3, -0.25) is 4.79 Å². The summed E-state index contributed by atoms with van der Waals surface area (Å²) in [5, 5.41) is 15.5. The van der Waals surface area contributed by atoms with E-state index in [2.05, 4.69) is 39.2 Å². The molecule has 1 atom stereocenters. The summed E-state index contributed by atoms with van der Waals surface area (Å²) in [7, 11) is 0. The molecule has 2 aromatic heterocycles. The van der Waals surface area contributed by atoms with E-state index in [1.165, 1.54) is 0 Å². The quantitative estimate of drug-likeness (QED) is 0.328. The van der Waals surface area contributed by atoms with Crippen LogP contribution in [0.4, 0.5) is 11.4 Å². The second-order valence-corrected chi connectivity index (χ2v) is 8.99. The first kappa shape index (κ1) is 22.5. The lowest BCUT2D eigenvalue weighted by molar-refractivity contribution is 0.122. The Morgan fingerprint density at radius 1 is 1.18 bits per heavy atom. The van der Waals surface area contributed by atoms with E-state index in [9.17, 15) is 9.90 Å².